The second kappa shape index (κ2) is 6.09. The number of quaternary nitrogens is 1. The Labute approximate surface area is 149 Å². The minimum Gasteiger partial charge on any atom is -0.334 e. The SMILES string of the molecule is CS(=O)(=O)c1ccccc1NC(=O)C[NH2+]C12CC3CC(CC(C3)C1)C2. The molecular formula is C19H27N2O3S+. The molecule has 4 saturated carbocycles. The Morgan fingerprint density at radius 1 is 1.12 bits per heavy atom. The number of benzene rings is 1. The van der Waals surface area contributed by atoms with Crippen molar-refractivity contribution in [2.24, 2.45) is 17.8 Å². The molecule has 4 aliphatic rings. The van der Waals surface area contributed by atoms with Crippen molar-refractivity contribution < 1.29 is 18.5 Å². The van der Waals surface area contributed by atoms with Crippen LogP contribution in [-0.4, -0.2) is 32.7 Å². The van der Waals surface area contributed by atoms with Crippen LogP contribution in [0.4, 0.5) is 5.69 Å². The van der Waals surface area contributed by atoms with Crippen LogP contribution < -0.4 is 10.6 Å². The third-order valence-electron chi connectivity index (χ3n) is 6.37. The summed E-state index contributed by atoms with van der Waals surface area (Å²) in [5.41, 5.74) is 0.636. The predicted octanol–water partition coefficient (Wildman–Crippen LogP) is 1.56. The molecule has 0 unspecified atom stereocenters. The molecule has 5 rings (SSSR count). The van der Waals surface area contributed by atoms with E-state index in [-0.39, 0.29) is 16.3 Å². The van der Waals surface area contributed by atoms with E-state index in [2.05, 4.69) is 10.6 Å². The van der Waals surface area contributed by atoms with E-state index in [0.29, 0.717) is 12.2 Å². The van der Waals surface area contributed by atoms with Crippen molar-refractivity contribution in [1.29, 1.82) is 0 Å². The highest BCUT2D eigenvalue weighted by atomic mass is 32.2. The number of hydrogen-bond acceptors (Lipinski definition) is 3. The van der Waals surface area contributed by atoms with Crippen LogP contribution in [0.1, 0.15) is 38.5 Å². The number of amides is 1. The molecule has 0 aromatic heterocycles. The van der Waals surface area contributed by atoms with E-state index in [1.54, 1.807) is 18.2 Å². The minimum absolute atomic E-state index is 0.119. The lowest BCUT2D eigenvalue weighted by atomic mass is 9.53. The first-order chi connectivity index (χ1) is 11.8. The first-order valence-electron chi connectivity index (χ1n) is 9.26. The van der Waals surface area contributed by atoms with Gasteiger partial charge in [-0.05, 0) is 49.1 Å². The molecular weight excluding hydrogens is 336 g/mol. The molecule has 1 aromatic rings. The maximum atomic E-state index is 12.4. The van der Waals surface area contributed by atoms with Crippen molar-refractivity contribution in [3.05, 3.63) is 24.3 Å². The molecule has 1 amide bonds. The van der Waals surface area contributed by atoms with Gasteiger partial charge in [-0.3, -0.25) is 4.79 Å². The van der Waals surface area contributed by atoms with Gasteiger partial charge in [-0.2, -0.15) is 0 Å². The zero-order chi connectivity index (χ0) is 17.7. The second-order valence-electron chi connectivity index (χ2n) is 8.50. The number of hydrogen-bond donors (Lipinski definition) is 2. The number of carbonyl (C=O) groups excluding carboxylic acids is 1. The van der Waals surface area contributed by atoms with E-state index in [1.165, 1.54) is 50.8 Å². The van der Waals surface area contributed by atoms with Crippen molar-refractivity contribution in [3.63, 3.8) is 0 Å². The molecule has 5 nitrogen and oxygen atoms in total. The standard InChI is InChI=1S/C19H26N2O3S/c1-25(23,24)17-5-3-2-4-16(17)21-18(22)12-20-19-9-13-6-14(10-19)8-15(7-13)11-19/h2-5,13-15,20H,6-12H2,1H3,(H,21,22)/p+1. The summed E-state index contributed by atoms with van der Waals surface area (Å²) in [6.45, 7) is 0.365. The Balaban J connectivity index is 1.41. The van der Waals surface area contributed by atoms with Crippen LogP contribution in [0.2, 0.25) is 0 Å². The van der Waals surface area contributed by atoms with Gasteiger partial charge in [0.05, 0.1) is 16.1 Å². The van der Waals surface area contributed by atoms with Crippen LogP contribution >= 0.6 is 0 Å². The van der Waals surface area contributed by atoms with Crippen LogP contribution in [0.15, 0.2) is 29.2 Å². The van der Waals surface area contributed by atoms with Crippen molar-refractivity contribution in [1.82, 2.24) is 0 Å². The van der Waals surface area contributed by atoms with Crippen LogP contribution in [0.5, 0.6) is 0 Å². The summed E-state index contributed by atoms with van der Waals surface area (Å²) in [6, 6.07) is 6.60. The monoisotopic (exact) mass is 363 g/mol. The molecule has 0 atom stereocenters. The average Bonchev–Trinajstić information content (AvgIpc) is 2.51. The molecule has 0 aliphatic heterocycles. The third-order valence-corrected chi connectivity index (χ3v) is 7.52. The van der Waals surface area contributed by atoms with Crippen molar-refractivity contribution in [2.45, 2.75) is 49.0 Å². The Bertz CT molecular complexity index is 752. The first kappa shape index (κ1) is 17.0. The van der Waals surface area contributed by atoms with Gasteiger partial charge >= 0.3 is 0 Å². The fourth-order valence-corrected chi connectivity index (χ4v) is 6.68. The van der Waals surface area contributed by atoms with E-state index in [1.807, 2.05) is 0 Å². The van der Waals surface area contributed by atoms with Gasteiger partial charge in [-0.15, -0.1) is 0 Å². The minimum atomic E-state index is -3.36. The van der Waals surface area contributed by atoms with Gasteiger partial charge in [0, 0.05) is 25.5 Å². The van der Waals surface area contributed by atoms with E-state index in [4.69, 9.17) is 0 Å². The van der Waals surface area contributed by atoms with Gasteiger partial charge in [-0.1, -0.05) is 12.1 Å². The number of para-hydroxylation sites is 1. The number of nitrogens with one attached hydrogen (secondary N) is 1. The Hall–Kier alpha value is -1.40. The highest BCUT2D eigenvalue weighted by molar-refractivity contribution is 7.90. The Morgan fingerprint density at radius 3 is 2.24 bits per heavy atom. The summed E-state index contributed by atoms with van der Waals surface area (Å²) >= 11 is 0. The molecule has 4 fully saturated rings. The fourth-order valence-electron chi connectivity index (χ4n) is 5.83. The molecule has 25 heavy (non-hydrogen) atoms. The number of rotatable bonds is 5. The van der Waals surface area contributed by atoms with Crippen LogP contribution in [0.3, 0.4) is 0 Å². The van der Waals surface area contributed by atoms with E-state index >= 15 is 0 Å². The van der Waals surface area contributed by atoms with Gasteiger partial charge in [0.1, 0.15) is 0 Å². The molecule has 0 saturated heterocycles. The Kier molecular flexibility index (Phi) is 4.15. The average molecular weight is 364 g/mol. The van der Waals surface area contributed by atoms with E-state index in [9.17, 15) is 13.2 Å². The lowest BCUT2D eigenvalue weighted by Gasteiger charge is -2.54. The van der Waals surface area contributed by atoms with Crippen molar-refractivity contribution in [2.75, 3.05) is 18.1 Å². The summed E-state index contributed by atoms with van der Waals surface area (Å²) in [5, 5.41) is 5.05. The molecule has 4 bridgehead atoms. The molecule has 0 radical (unpaired) electrons. The molecule has 0 heterocycles. The first-order valence-corrected chi connectivity index (χ1v) is 11.2. The van der Waals surface area contributed by atoms with Gasteiger partial charge in [-0.25, -0.2) is 8.42 Å². The van der Waals surface area contributed by atoms with Gasteiger partial charge in [0.15, 0.2) is 16.4 Å². The molecule has 0 spiro atoms. The topological polar surface area (TPSA) is 79.8 Å². The van der Waals surface area contributed by atoms with Crippen molar-refractivity contribution >= 4 is 21.4 Å². The van der Waals surface area contributed by atoms with Gasteiger partial charge < -0.3 is 10.6 Å². The third kappa shape index (κ3) is 3.47. The number of anilines is 1. The maximum absolute atomic E-state index is 12.4. The highest BCUT2D eigenvalue weighted by Gasteiger charge is 2.53. The lowest BCUT2D eigenvalue weighted by molar-refractivity contribution is -0.729. The van der Waals surface area contributed by atoms with Gasteiger partial charge in [0.25, 0.3) is 5.91 Å². The Morgan fingerprint density at radius 2 is 1.68 bits per heavy atom. The number of sulfone groups is 1. The predicted molar refractivity (Wildman–Crippen MR) is 95.9 cm³/mol. The van der Waals surface area contributed by atoms with E-state index < -0.39 is 9.84 Å². The largest absolute Gasteiger partial charge is 0.334 e. The molecule has 1 aromatic carbocycles. The quantitative estimate of drug-likeness (QED) is 0.833. The summed E-state index contributed by atoms with van der Waals surface area (Å²) in [7, 11) is -3.36. The normalized spacial score (nSPS) is 33.4. The lowest BCUT2D eigenvalue weighted by Crippen LogP contribution is -3.00. The zero-order valence-corrected chi connectivity index (χ0v) is 15.5. The van der Waals surface area contributed by atoms with Crippen molar-refractivity contribution in [3.8, 4) is 0 Å². The zero-order valence-electron chi connectivity index (χ0n) is 14.7. The molecule has 136 valence electrons. The molecule has 3 N–H and O–H groups in total. The fraction of sp³-hybridized carbons (Fsp3) is 0.632. The number of nitrogens with two attached hydrogens (primary N) is 1. The van der Waals surface area contributed by atoms with Crippen LogP contribution in [0, 0.1) is 17.8 Å². The summed E-state index contributed by atoms with van der Waals surface area (Å²) < 4.78 is 23.7. The second-order valence-corrected chi connectivity index (χ2v) is 10.5. The highest BCUT2D eigenvalue weighted by Crippen LogP contribution is 2.54. The van der Waals surface area contributed by atoms with E-state index in [0.717, 1.165) is 17.8 Å². The smallest absolute Gasteiger partial charge is 0.279 e. The molecule has 6 heteroatoms. The summed E-state index contributed by atoms with van der Waals surface area (Å²) in [4.78, 5) is 12.6. The molecule has 4 aliphatic carbocycles. The number of carbonyl (C=O) groups is 1. The van der Waals surface area contributed by atoms with Crippen LogP contribution in [0.25, 0.3) is 0 Å². The van der Waals surface area contributed by atoms with Crippen LogP contribution in [-0.2, 0) is 14.6 Å². The summed E-state index contributed by atoms with van der Waals surface area (Å²) in [6.07, 6.45) is 9.06. The van der Waals surface area contributed by atoms with Gasteiger partial charge in [0.2, 0.25) is 0 Å². The maximum Gasteiger partial charge on any atom is 0.279 e. The summed E-state index contributed by atoms with van der Waals surface area (Å²) in [5.74, 6) is 2.46.